The zero-order chi connectivity index (χ0) is 16.7. The predicted octanol–water partition coefficient (Wildman–Crippen LogP) is 1.09. The van der Waals surface area contributed by atoms with Gasteiger partial charge in [-0.2, -0.15) is 0 Å². The first kappa shape index (κ1) is 14.3. The third-order valence-electron chi connectivity index (χ3n) is 4.09. The van der Waals surface area contributed by atoms with Crippen LogP contribution in [-0.4, -0.2) is 42.8 Å². The number of nitrogen functional groups attached to an aromatic ring is 1. The average molecular weight is 322 g/mol. The molecule has 0 saturated heterocycles. The van der Waals surface area contributed by atoms with E-state index < -0.39 is 0 Å². The van der Waals surface area contributed by atoms with E-state index in [1.54, 1.807) is 30.6 Å². The van der Waals surface area contributed by atoms with Crippen molar-refractivity contribution in [2.45, 2.75) is 13.0 Å². The van der Waals surface area contributed by atoms with Gasteiger partial charge in [-0.15, -0.1) is 0 Å². The van der Waals surface area contributed by atoms with Crippen LogP contribution in [0, 0.1) is 0 Å². The summed E-state index contributed by atoms with van der Waals surface area (Å²) < 4.78 is 1.84. The minimum Gasteiger partial charge on any atom is -0.382 e. The highest BCUT2D eigenvalue weighted by molar-refractivity contribution is 6.21. The molecule has 0 radical (unpaired) electrons. The number of hydrogen-bond donors (Lipinski definition) is 1. The maximum Gasteiger partial charge on any atom is 0.261 e. The molecule has 0 spiro atoms. The van der Waals surface area contributed by atoms with E-state index in [4.69, 9.17) is 5.73 Å². The Bertz CT molecular complexity index is 929. The second kappa shape index (κ2) is 5.41. The largest absolute Gasteiger partial charge is 0.382 e. The van der Waals surface area contributed by atoms with Crippen LogP contribution in [0.1, 0.15) is 27.1 Å². The summed E-state index contributed by atoms with van der Waals surface area (Å²) in [4.78, 5) is 38.2. The van der Waals surface area contributed by atoms with Crippen molar-refractivity contribution in [2.24, 2.45) is 0 Å². The normalized spacial score (nSPS) is 13.8. The summed E-state index contributed by atoms with van der Waals surface area (Å²) in [5.41, 5.74) is 7.89. The number of carbonyl (C=O) groups is 2. The van der Waals surface area contributed by atoms with Gasteiger partial charge in [0.05, 0.1) is 17.5 Å². The van der Waals surface area contributed by atoms with Crippen molar-refractivity contribution in [3.63, 3.8) is 0 Å². The number of nitrogens with zero attached hydrogens (tertiary/aromatic N) is 5. The number of anilines is 1. The molecule has 0 fully saturated rings. The zero-order valence-electron chi connectivity index (χ0n) is 12.7. The molecule has 1 aliphatic heterocycles. The van der Waals surface area contributed by atoms with Crippen molar-refractivity contribution in [1.29, 1.82) is 0 Å². The lowest BCUT2D eigenvalue weighted by Crippen LogP contribution is -2.31. The Labute approximate surface area is 136 Å². The lowest BCUT2D eigenvalue weighted by molar-refractivity contribution is 0.0651. The summed E-state index contributed by atoms with van der Waals surface area (Å²) in [6.45, 7) is 0.910. The van der Waals surface area contributed by atoms with Crippen LogP contribution in [0.2, 0.25) is 0 Å². The fourth-order valence-electron chi connectivity index (χ4n) is 2.90. The lowest BCUT2D eigenvalue weighted by atomic mass is 10.1. The molecule has 24 heavy (non-hydrogen) atoms. The molecule has 0 bridgehead atoms. The third-order valence-corrected chi connectivity index (χ3v) is 4.09. The molecule has 0 saturated carbocycles. The molecule has 120 valence electrons. The van der Waals surface area contributed by atoms with Crippen molar-refractivity contribution >= 4 is 28.8 Å². The quantitative estimate of drug-likeness (QED) is 0.721. The molecule has 1 aliphatic rings. The summed E-state index contributed by atoms with van der Waals surface area (Å²) in [6.07, 6.45) is 3.62. The average Bonchev–Trinajstić information content (AvgIpc) is 3.11. The van der Waals surface area contributed by atoms with Gasteiger partial charge in [-0.3, -0.25) is 14.5 Å². The van der Waals surface area contributed by atoms with Crippen LogP contribution in [0.5, 0.6) is 0 Å². The first-order valence-electron chi connectivity index (χ1n) is 7.53. The second-order valence-electron chi connectivity index (χ2n) is 5.53. The standard InChI is InChI=1S/C16H14N6O2/c17-13-12-14(19-8-18-13)21(9-20-12)6-3-7-22-15(23)10-4-1-2-5-11(10)16(22)24/h1-2,4-5,8-9H,3,6-7H2,(H2,17,18,19). The summed E-state index contributed by atoms with van der Waals surface area (Å²) in [5.74, 6) is -0.144. The molecular weight excluding hydrogens is 308 g/mol. The molecule has 8 nitrogen and oxygen atoms in total. The van der Waals surface area contributed by atoms with E-state index in [0.29, 0.717) is 47.6 Å². The van der Waals surface area contributed by atoms with Gasteiger partial charge in [0, 0.05) is 13.1 Å². The molecule has 2 aromatic heterocycles. The molecule has 3 aromatic rings. The Morgan fingerprint density at radius 2 is 1.67 bits per heavy atom. The highest BCUT2D eigenvalue weighted by Crippen LogP contribution is 2.22. The molecule has 1 aromatic carbocycles. The minimum absolute atomic E-state index is 0.238. The van der Waals surface area contributed by atoms with E-state index in [-0.39, 0.29) is 11.8 Å². The summed E-state index contributed by atoms with van der Waals surface area (Å²) in [5, 5.41) is 0. The van der Waals surface area contributed by atoms with E-state index in [9.17, 15) is 9.59 Å². The smallest absolute Gasteiger partial charge is 0.261 e. The van der Waals surface area contributed by atoms with Gasteiger partial charge in [-0.1, -0.05) is 12.1 Å². The molecule has 0 atom stereocenters. The van der Waals surface area contributed by atoms with Crippen molar-refractivity contribution < 1.29 is 9.59 Å². The number of imide groups is 1. The molecule has 2 N–H and O–H groups in total. The fraction of sp³-hybridized carbons (Fsp3) is 0.188. The van der Waals surface area contributed by atoms with Crippen molar-refractivity contribution in [3.8, 4) is 0 Å². The first-order chi connectivity index (χ1) is 11.7. The van der Waals surface area contributed by atoms with Crippen LogP contribution in [-0.2, 0) is 6.54 Å². The maximum atomic E-state index is 12.3. The van der Waals surface area contributed by atoms with Gasteiger partial charge in [-0.25, -0.2) is 15.0 Å². The van der Waals surface area contributed by atoms with Crippen LogP contribution in [0.3, 0.4) is 0 Å². The highest BCUT2D eigenvalue weighted by Gasteiger charge is 2.34. The van der Waals surface area contributed by atoms with Crippen LogP contribution < -0.4 is 5.73 Å². The van der Waals surface area contributed by atoms with E-state index >= 15 is 0 Å². The topological polar surface area (TPSA) is 107 Å². The Balaban J connectivity index is 1.47. The Kier molecular flexibility index (Phi) is 3.23. The molecule has 0 unspecified atom stereocenters. The molecule has 8 heteroatoms. The van der Waals surface area contributed by atoms with Crippen molar-refractivity contribution in [2.75, 3.05) is 12.3 Å². The molecule has 2 amide bonds. The SMILES string of the molecule is Nc1ncnc2c1ncn2CCCN1C(=O)c2ccccc2C1=O. The Morgan fingerprint density at radius 3 is 2.38 bits per heavy atom. The first-order valence-corrected chi connectivity index (χ1v) is 7.53. The molecule has 0 aliphatic carbocycles. The van der Waals surface area contributed by atoms with Gasteiger partial charge >= 0.3 is 0 Å². The summed E-state index contributed by atoms with van der Waals surface area (Å²) in [6, 6.07) is 6.88. The van der Waals surface area contributed by atoms with E-state index in [0.717, 1.165) is 0 Å². The van der Waals surface area contributed by atoms with E-state index in [2.05, 4.69) is 15.0 Å². The number of aromatic nitrogens is 4. The molecule has 3 heterocycles. The number of amides is 2. The summed E-state index contributed by atoms with van der Waals surface area (Å²) in [7, 11) is 0. The number of fused-ring (bicyclic) bond motifs is 2. The van der Waals surface area contributed by atoms with E-state index in [1.165, 1.54) is 11.2 Å². The number of rotatable bonds is 4. The lowest BCUT2D eigenvalue weighted by Gasteiger charge is -2.13. The Hall–Kier alpha value is -3.29. The number of carbonyl (C=O) groups excluding carboxylic acids is 2. The predicted molar refractivity (Wildman–Crippen MR) is 86.2 cm³/mol. The molecule has 4 rings (SSSR count). The van der Waals surface area contributed by atoms with Gasteiger partial charge in [0.25, 0.3) is 11.8 Å². The monoisotopic (exact) mass is 322 g/mol. The van der Waals surface area contributed by atoms with Gasteiger partial charge in [0.15, 0.2) is 11.5 Å². The maximum absolute atomic E-state index is 12.3. The fourth-order valence-corrected chi connectivity index (χ4v) is 2.90. The van der Waals surface area contributed by atoms with Crippen LogP contribution in [0.15, 0.2) is 36.9 Å². The number of aryl methyl sites for hydroxylation is 1. The minimum atomic E-state index is -0.238. The van der Waals surface area contributed by atoms with Crippen LogP contribution in [0.4, 0.5) is 5.82 Å². The van der Waals surface area contributed by atoms with E-state index in [1.807, 2.05) is 4.57 Å². The van der Waals surface area contributed by atoms with Gasteiger partial charge in [-0.05, 0) is 18.6 Å². The number of hydrogen-bond acceptors (Lipinski definition) is 6. The second-order valence-corrected chi connectivity index (χ2v) is 5.53. The number of benzene rings is 1. The zero-order valence-corrected chi connectivity index (χ0v) is 12.7. The summed E-state index contributed by atoms with van der Waals surface area (Å²) >= 11 is 0. The number of imidazole rings is 1. The third kappa shape index (κ3) is 2.11. The van der Waals surface area contributed by atoms with Crippen LogP contribution in [0.25, 0.3) is 11.2 Å². The van der Waals surface area contributed by atoms with Gasteiger partial charge < -0.3 is 10.3 Å². The molecular formula is C16H14N6O2. The number of nitrogens with two attached hydrogens (primary N) is 1. The highest BCUT2D eigenvalue weighted by atomic mass is 16.2. The van der Waals surface area contributed by atoms with Crippen molar-refractivity contribution in [1.82, 2.24) is 24.4 Å². The van der Waals surface area contributed by atoms with Gasteiger partial charge in [0.1, 0.15) is 11.8 Å². The Morgan fingerprint density at radius 1 is 0.958 bits per heavy atom. The van der Waals surface area contributed by atoms with Crippen LogP contribution >= 0.6 is 0 Å². The van der Waals surface area contributed by atoms with Crippen molar-refractivity contribution in [3.05, 3.63) is 48.0 Å². The van der Waals surface area contributed by atoms with Gasteiger partial charge in [0.2, 0.25) is 0 Å².